The number of esters is 1. The van der Waals surface area contributed by atoms with E-state index in [2.05, 4.69) is 21.5 Å². The molecule has 37 heavy (non-hydrogen) atoms. The number of rotatable bonds is 12. The fourth-order valence-corrected chi connectivity index (χ4v) is 4.99. The van der Waals surface area contributed by atoms with Gasteiger partial charge in [-0.15, -0.1) is 6.58 Å². The average Bonchev–Trinajstić information content (AvgIpc) is 3.51. The van der Waals surface area contributed by atoms with E-state index in [9.17, 15) is 9.36 Å². The van der Waals surface area contributed by atoms with Crippen molar-refractivity contribution in [3.05, 3.63) is 61.2 Å². The second-order valence-corrected chi connectivity index (χ2v) is 9.45. The van der Waals surface area contributed by atoms with Crippen LogP contribution in [0.5, 0.6) is 0 Å². The largest absolute Gasteiger partial charge is 0.475 e. The van der Waals surface area contributed by atoms with E-state index in [1.54, 1.807) is 34.9 Å². The summed E-state index contributed by atoms with van der Waals surface area (Å²) in [4.78, 5) is 24.9. The summed E-state index contributed by atoms with van der Waals surface area (Å²) in [6.07, 6.45) is 1.90. The van der Waals surface area contributed by atoms with Crippen LogP contribution in [0.15, 0.2) is 55.6 Å². The Balaban J connectivity index is 1.56. The molecule has 2 N–H and O–H groups in total. The highest BCUT2D eigenvalue weighted by molar-refractivity contribution is 7.48. The Hall–Kier alpha value is -3.66. The number of nitrogen functional groups attached to an aromatic ring is 1. The Kier molecular flexibility index (Phi) is 8.60. The van der Waals surface area contributed by atoms with Crippen molar-refractivity contribution in [1.82, 2.24) is 19.5 Å². The van der Waals surface area contributed by atoms with Gasteiger partial charge in [-0.1, -0.05) is 24.3 Å². The summed E-state index contributed by atoms with van der Waals surface area (Å²) in [5, 5.41) is 8.81. The van der Waals surface area contributed by atoms with Crippen molar-refractivity contribution in [2.75, 3.05) is 25.6 Å². The summed E-state index contributed by atoms with van der Waals surface area (Å²) in [5.41, 5.74) is 7.08. The van der Waals surface area contributed by atoms with Crippen molar-refractivity contribution in [3.8, 4) is 6.07 Å². The third kappa shape index (κ3) is 6.37. The van der Waals surface area contributed by atoms with Crippen molar-refractivity contribution in [1.29, 1.82) is 5.26 Å². The van der Waals surface area contributed by atoms with Gasteiger partial charge in [-0.3, -0.25) is 18.1 Å². The van der Waals surface area contributed by atoms with E-state index >= 15 is 0 Å². The van der Waals surface area contributed by atoms with E-state index in [0.29, 0.717) is 16.7 Å². The van der Waals surface area contributed by atoms with E-state index in [-0.39, 0.29) is 38.5 Å². The first-order valence-electron chi connectivity index (χ1n) is 11.3. The lowest BCUT2D eigenvalue weighted by atomic mass is 10.2. The molecular weight excluding hydrogens is 503 g/mol. The molecule has 0 amide bonds. The Morgan fingerprint density at radius 1 is 1.30 bits per heavy atom. The van der Waals surface area contributed by atoms with Crippen molar-refractivity contribution in [3.63, 3.8) is 0 Å². The molecule has 14 heteroatoms. The highest BCUT2D eigenvalue weighted by Gasteiger charge is 2.44. The Labute approximate surface area is 212 Å². The minimum absolute atomic E-state index is 0.0190. The van der Waals surface area contributed by atoms with Gasteiger partial charge >= 0.3 is 13.8 Å². The lowest BCUT2D eigenvalue weighted by molar-refractivity contribution is -0.0520. The number of hydrogen-bond acceptors (Lipinski definition) is 12. The second kappa shape index (κ2) is 12.1. The predicted octanol–water partition coefficient (Wildman–Crippen LogP) is 3.18. The molecule has 4 atom stereocenters. The number of hydrogen-bond donors (Lipinski definition) is 1. The molecular formula is C23H25N6O7P. The zero-order valence-electron chi connectivity index (χ0n) is 19.7. The number of imidazole rings is 1. The van der Waals surface area contributed by atoms with Crippen LogP contribution in [-0.4, -0.2) is 57.5 Å². The molecule has 1 unspecified atom stereocenters. The van der Waals surface area contributed by atoms with E-state index in [0.717, 1.165) is 0 Å². The van der Waals surface area contributed by atoms with E-state index in [1.165, 1.54) is 18.7 Å². The number of fused-ring (bicyclic) bond motifs is 1. The summed E-state index contributed by atoms with van der Waals surface area (Å²) in [5.74, 6) is -0.354. The van der Waals surface area contributed by atoms with Crippen LogP contribution in [0.1, 0.15) is 29.4 Å². The quantitative estimate of drug-likeness (QED) is 0.158. The van der Waals surface area contributed by atoms with E-state index in [1.807, 2.05) is 6.07 Å². The number of phosphoric ester groups is 1. The standard InChI is InChI=1S/C23H25N6O7P/c1-2-10-33-37(31,34-11-6-9-24)36-17-12-19(29-15-28-20-21(25)26-14-27-22(20)29)35-18(17)13-32-23(30)16-7-4-3-5-8-16/h2-5,7-8,14-15,17-19H,1,6,10-13H2,(H2,25,26,27)/t17-,18+,19+,37?/m0/s1. The third-order valence-corrected chi connectivity index (χ3v) is 6.84. The van der Waals surface area contributed by atoms with Gasteiger partial charge in [0.15, 0.2) is 11.5 Å². The molecule has 13 nitrogen and oxygen atoms in total. The molecule has 0 spiro atoms. The number of nitrogens with zero attached hydrogens (tertiary/aromatic N) is 5. The highest BCUT2D eigenvalue weighted by atomic mass is 31.2. The zero-order valence-corrected chi connectivity index (χ0v) is 20.6. The SMILES string of the molecule is C=CCOP(=O)(OCCC#N)O[C@H]1C[C@H](n2cnc3c(N)ncnc32)O[C@@H]1COC(=O)c1ccccc1. The van der Waals surface area contributed by atoms with Gasteiger partial charge in [0.25, 0.3) is 0 Å². The smallest absolute Gasteiger partial charge is 0.459 e. The monoisotopic (exact) mass is 528 g/mol. The Bertz CT molecular complexity index is 1330. The lowest BCUT2D eigenvalue weighted by Crippen LogP contribution is -2.30. The molecule has 1 aliphatic heterocycles. The van der Waals surface area contributed by atoms with Crippen molar-refractivity contribution < 1.29 is 32.4 Å². The Morgan fingerprint density at radius 3 is 2.86 bits per heavy atom. The summed E-state index contributed by atoms with van der Waals surface area (Å²) in [6, 6.07) is 10.4. The van der Waals surface area contributed by atoms with Crippen LogP contribution >= 0.6 is 7.82 Å². The second-order valence-electron chi connectivity index (χ2n) is 7.83. The highest BCUT2D eigenvalue weighted by Crippen LogP contribution is 2.53. The molecule has 0 radical (unpaired) electrons. The molecule has 3 aromatic rings. The number of ether oxygens (including phenoxy) is 2. The summed E-state index contributed by atoms with van der Waals surface area (Å²) >= 11 is 0. The van der Waals surface area contributed by atoms with Gasteiger partial charge in [0, 0.05) is 6.42 Å². The normalized spacial score (nSPS) is 20.8. The number of aromatic nitrogens is 4. The van der Waals surface area contributed by atoms with Gasteiger partial charge < -0.3 is 15.2 Å². The van der Waals surface area contributed by atoms with Gasteiger partial charge in [-0.25, -0.2) is 24.3 Å². The van der Waals surface area contributed by atoms with E-state index < -0.39 is 32.2 Å². The van der Waals surface area contributed by atoms with Crippen LogP contribution in [0, 0.1) is 11.3 Å². The maximum absolute atomic E-state index is 13.3. The maximum atomic E-state index is 13.3. The molecule has 0 bridgehead atoms. The average molecular weight is 528 g/mol. The first kappa shape index (κ1) is 26.4. The van der Waals surface area contributed by atoms with Crippen LogP contribution in [0.2, 0.25) is 0 Å². The number of benzene rings is 1. The Morgan fingerprint density at radius 2 is 2.11 bits per heavy atom. The topological polar surface area (TPSA) is 174 Å². The minimum Gasteiger partial charge on any atom is -0.459 e. The summed E-state index contributed by atoms with van der Waals surface area (Å²) < 4.78 is 43.0. The molecule has 0 aliphatic carbocycles. The molecule has 1 saturated heterocycles. The molecule has 3 heterocycles. The first-order valence-corrected chi connectivity index (χ1v) is 12.8. The summed E-state index contributed by atoms with van der Waals surface area (Å²) in [7, 11) is -4.13. The van der Waals surface area contributed by atoms with Gasteiger partial charge in [-0.2, -0.15) is 5.26 Å². The molecule has 4 rings (SSSR count). The number of anilines is 1. The molecule has 194 valence electrons. The number of nitrogens with two attached hydrogens (primary N) is 1. The van der Waals surface area contributed by atoms with Gasteiger partial charge in [0.2, 0.25) is 0 Å². The number of nitriles is 1. The van der Waals surface area contributed by atoms with Crippen molar-refractivity contribution in [2.24, 2.45) is 0 Å². The van der Waals surface area contributed by atoms with Crippen LogP contribution in [0.4, 0.5) is 5.82 Å². The van der Waals surface area contributed by atoms with Crippen molar-refractivity contribution in [2.45, 2.75) is 31.3 Å². The fraction of sp³-hybridized carbons (Fsp3) is 0.348. The third-order valence-electron chi connectivity index (χ3n) is 5.34. The molecule has 1 aliphatic rings. The van der Waals surface area contributed by atoms with Gasteiger partial charge in [-0.05, 0) is 12.1 Å². The van der Waals surface area contributed by atoms with Crippen LogP contribution in [0.25, 0.3) is 11.2 Å². The molecule has 1 aromatic carbocycles. The number of phosphoric acid groups is 1. The number of carbonyl (C=O) groups is 1. The van der Waals surface area contributed by atoms with Gasteiger partial charge in [0.1, 0.15) is 36.9 Å². The van der Waals surface area contributed by atoms with Gasteiger partial charge in [0.05, 0.1) is 37.6 Å². The van der Waals surface area contributed by atoms with Crippen molar-refractivity contribution >= 4 is 30.8 Å². The zero-order chi connectivity index (χ0) is 26.3. The van der Waals surface area contributed by atoms with Crippen LogP contribution in [-0.2, 0) is 27.6 Å². The molecule has 1 fully saturated rings. The minimum atomic E-state index is -4.13. The molecule has 2 aromatic heterocycles. The first-order chi connectivity index (χ1) is 17.9. The lowest BCUT2D eigenvalue weighted by Gasteiger charge is -2.23. The fourth-order valence-electron chi connectivity index (χ4n) is 3.64. The van der Waals surface area contributed by atoms with Crippen LogP contribution < -0.4 is 5.73 Å². The summed E-state index contributed by atoms with van der Waals surface area (Å²) in [6.45, 7) is 3.05. The predicted molar refractivity (Wildman–Crippen MR) is 130 cm³/mol. The molecule has 0 saturated carbocycles. The van der Waals surface area contributed by atoms with Crippen LogP contribution in [0.3, 0.4) is 0 Å². The van der Waals surface area contributed by atoms with E-state index in [4.69, 9.17) is 34.0 Å². The maximum Gasteiger partial charge on any atom is 0.475 e. The number of carbonyl (C=O) groups excluding carboxylic acids is 1.